The molecule has 0 spiro atoms. The smallest absolute Gasteiger partial charge is 0.0701 e. The van der Waals surface area contributed by atoms with Crippen molar-refractivity contribution in [2.24, 2.45) is 5.92 Å². The summed E-state index contributed by atoms with van der Waals surface area (Å²) in [5, 5.41) is 3.36. The average molecular weight is 288 g/mol. The van der Waals surface area contributed by atoms with Gasteiger partial charge in [0.1, 0.15) is 0 Å². The first kappa shape index (κ1) is 17.9. The van der Waals surface area contributed by atoms with Crippen molar-refractivity contribution in [2.75, 3.05) is 66.8 Å². The molecule has 0 saturated carbocycles. The van der Waals surface area contributed by atoms with Crippen LogP contribution in [0.25, 0.3) is 0 Å². The van der Waals surface area contributed by atoms with Gasteiger partial charge in [0.05, 0.1) is 33.0 Å². The van der Waals surface area contributed by atoms with E-state index in [1.165, 1.54) is 25.9 Å². The van der Waals surface area contributed by atoms with Gasteiger partial charge in [-0.05, 0) is 45.8 Å². The van der Waals surface area contributed by atoms with Crippen LogP contribution in [0.5, 0.6) is 0 Å². The summed E-state index contributed by atoms with van der Waals surface area (Å²) in [5.74, 6) is 0.825. The third kappa shape index (κ3) is 7.55. The SMILES string of the molecule is CNC(C)C1CCN(CCOCCOCCOC)CC1. The molecular formula is C15H32N2O3. The Balaban J connectivity index is 1.91. The molecule has 1 unspecified atom stereocenters. The summed E-state index contributed by atoms with van der Waals surface area (Å²) < 4.78 is 15.8. The summed E-state index contributed by atoms with van der Waals surface area (Å²) in [7, 11) is 3.74. The molecule has 1 aliphatic rings. The van der Waals surface area contributed by atoms with E-state index >= 15 is 0 Å². The molecule has 0 aromatic heterocycles. The van der Waals surface area contributed by atoms with Crippen LogP contribution in [0.15, 0.2) is 0 Å². The van der Waals surface area contributed by atoms with E-state index in [4.69, 9.17) is 14.2 Å². The summed E-state index contributed by atoms with van der Waals surface area (Å²) in [6, 6.07) is 0.637. The van der Waals surface area contributed by atoms with E-state index in [1.807, 2.05) is 0 Å². The van der Waals surface area contributed by atoms with Crippen molar-refractivity contribution in [3.63, 3.8) is 0 Å². The van der Waals surface area contributed by atoms with Crippen LogP contribution in [-0.4, -0.2) is 77.8 Å². The molecule has 5 heteroatoms. The summed E-state index contributed by atoms with van der Waals surface area (Å²) in [6.07, 6.45) is 2.59. The highest BCUT2D eigenvalue weighted by atomic mass is 16.5. The maximum absolute atomic E-state index is 5.59. The Hall–Kier alpha value is -0.200. The number of ether oxygens (including phenoxy) is 3. The number of hydrogen-bond acceptors (Lipinski definition) is 5. The maximum atomic E-state index is 5.59. The van der Waals surface area contributed by atoms with Crippen molar-refractivity contribution >= 4 is 0 Å². The molecule has 1 fully saturated rings. The van der Waals surface area contributed by atoms with Gasteiger partial charge in [-0.2, -0.15) is 0 Å². The van der Waals surface area contributed by atoms with E-state index in [1.54, 1.807) is 7.11 Å². The summed E-state index contributed by atoms with van der Waals surface area (Å²) in [5.41, 5.74) is 0. The highest BCUT2D eigenvalue weighted by Crippen LogP contribution is 2.19. The number of likely N-dealkylation sites (tertiary alicyclic amines) is 1. The molecule has 0 aliphatic carbocycles. The molecule has 1 N–H and O–H groups in total. The second-order valence-electron chi connectivity index (χ2n) is 5.47. The van der Waals surface area contributed by atoms with E-state index < -0.39 is 0 Å². The second kappa shape index (κ2) is 11.5. The van der Waals surface area contributed by atoms with Crippen molar-refractivity contribution in [3.8, 4) is 0 Å². The van der Waals surface area contributed by atoms with Gasteiger partial charge in [0.25, 0.3) is 0 Å². The largest absolute Gasteiger partial charge is 0.382 e. The van der Waals surface area contributed by atoms with Crippen LogP contribution in [0.2, 0.25) is 0 Å². The van der Waals surface area contributed by atoms with E-state index in [9.17, 15) is 0 Å². The van der Waals surface area contributed by atoms with Crippen molar-refractivity contribution in [1.82, 2.24) is 10.2 Å². The maximum Gasteiger partial charge on any atom is 0.0701 e. The summed E-state index contributed by atoms with van der Waals surface area (Å²) in [6.45, 7) is 9.17. The molecule has 0 aromatic carbocycles. The molecule has 0 bridgehead atoms. The molecule has 20 heavy (non-hydrogen) atoms. The quantitative estimate of drug-likeness (QED) is 0.574. The second-order valence-corrected chi connectivity index (χ2v) is 5.47. The lowest BCUT2D eigenvalue weighted by Gasteiger charge is -2.34. The number of hydrogen-bond donors (Lipinski definition) is 1. The Labute approximate surface area is 123 Å². The molecule has 1 saturated heterocycles. The molecule has 0 amide bonds. The molecule has 5 nitrogen and oxygen atoms in total. The monoisotopic (exact) mass is 288 g/mol. The van der Waals surface area contributed by atoms with E-state index in [2.05, 4.69) is 24.2 Å². The van der Waals surface area contributed by atoms with Crippen molar-refractivity contribution < 1.29 is 14.2 Å². The minimum absolute atomic E-state index is 0.637. The van der Waals surface area contributed by atoms with Crippen LogP contribution >= 0.6 is 0 Å². The van der Waals surface area contributed by atoms with Crippen molar-refractivity contribution in [1.29, 1.82) is 0 Å². The van der Waals surface area contributed by atoms with Gasteiger partial charge in [-0.1, -0.05) is 0 Å². The van der Waals surface area contributed by atoms with Crippen LogP contribution in [0.3, 0.4) is 0 Å². The van der Waals surface area contributed by atoms with Gasteiger partial charge < -0.3 is 24.4 Å². The zero-order chi connectivity index (χ0) is 14.6. The Morgan fingerprint density at radius 2 is 1.65 bits per heavy atom. The van der Waals surface area contributed by atoms with Gasteiger partial charge in [0, 0.05) is 19.7 Å². The first-order valence-corrected chi connectivity index (χ1v) is 7.82. The lowest BCUT2D eigenvalue weighted by molar-refractivity contribution is 0.0169. The molecule has 1 atom stereocenters. The third-order valence-electron chi connectivity index (χ3n) is 4.15. The van der Waals surface area contributed by atoms with Crippen LogP contribution in [0.4, 0.5) is 0 Å². The first-order chi connectivity index (χ1) is 9.77. The normalized spacial score (nSPS) is 19.4. The number of nitrogens with zero attached hydrogens (tertiary/aromatic N) is 1. The molecule has 0 radical (unpaired) electrons. The summed E-state index contributed by atoms with van der Waals surface area (Å²) in [4.78, 5) is 2.50. The minimum atomic E-state index is 0.637. The minimum Gasteiger partial charge on any atom is -0.382 e. The molecule has 1 aliphatic heterocycles. The van der Waals surface area contributed by atoms with Crippen LogP contribution in [0.1, 0.15) is 19.8 Å². The third-order valence-corrected chi connectivity index (χ3v) is 4.15. The zero-order valence-electron chi connectivity index (χ0n) is 13.4. The molecule has 1 heterocycles. The van der Waals surface area contributed by atoms with Gasteiger partial charge >= 0.3 is 0 Å². The number of rotatable bonds is 11. The molecule has 1 rings (SSSR count). The van der Waals surface area contributed by atoms with Crippen molar-refractivity contribution in [3.05, 3.63) is 0 Å². The fraction of sp³-hybridized carbons (Fsp3) is 1.00. The average Bonchev–Trinajstić information content (AvgIpc) is 2.50. The van der Waals surface area contributed by atoms with Gasteiger partial charge in [-0.15, -0.1) is 0 Å². The lowest BCUT2D eigenvalue weighted by Crippen LogP contribution is -2.41. The molecule has 0 aromatic rings. The highest BCUT2D eigenvalue weighted by molar-refractivity contribution is 4.78. The fourth-order valence-electron chi connectivity index (χ4n) is 2.57. The summed E-state index contributed by atoms with van der Waals surface area (Å²) >= 11 is 0. The van der Waals surface area contributed by atoms with Crippen LogP contribution < -0.4 is 5.32 Å². The Kier molecular flexibility index (Phi) is 10.2. The van der Waals surface area contributed by atoms with Gasteiger partial charge in [-0.25, -0.2) is 0 Å². The van der Waals surface area contributed by atoms with Gasteiger partial charge in [-0.3, -0.25) is 0 Å². The zero-order valence-corrected chi connectivity index (χ0v) is 13.4. The van der Waals surface area contributed by atoms with E-state index in [0.29, 0.717) is 32.5 Å². The number of methoxy groups -OCH3 is 1. The lowest BCUT2D eigenvalue weighted by atomic mass is 9.90. The van der Waals surface area contributed by atoms with Crippen molar-refractivity contribution in [2.45, 2.75) is 25.8 Å². The number of piperidine rings is 1. The van der Waals surface area contributed by atoms with Crippen LogP contribution in [-0.2, 0) is 14.2 Å². The first-order valence-electron chi connectivity index (χ1n) is 7.82. The highest BCUT2D eigenvalue weighted by Gasteiger charge is 2.22. The molecular weight excluding hydrogens is 256 g/mol. The standard InChI is InChI=1S/C15H32N2O3/c1-14(16-2)15-4-6-17(7-5-15)8-9-19-12-13-20-11-10-18-3/h14-16H,4-13H2,1-3H3. The van der Waals surface area contributed by atoms with E-state index in [-0.39, 0.29) is 0 Å². The molecule has 120 valence electrons. The van der Waals surface area contributed by atoms with E-state index in [0.717, 1.165) is 19.1 Å². The van der Waals surface area contributed by atoms with Crippen LogP contribution in [0, 0.1) is 5.92 Å². The number of nitrogens with one attached hydrogen (secondary N) is 1. The predicted octanol–water partition coefficient (Wildman–Crippen LogP) is 0.986. The fourth-order valence-corrected chi connectivity index (χ4v) is 2.57. The topological polar surface area (TPSA) is 43.0 Å². The predicted molar refractivity (Wildman–Crippen MR) is 81.2 cm³/mol. The van der Waals surface area contributed by atoms with Gasteiger partial charge in [0.15, 0.2) is 0 Å². The van der Waals surface area contributed by atoms with Gasteiger partial charge in [0.2, 0.25) is 0 Å². The Bertz CT molecular complexity index is 221. The Morgan fingerprint density at radius 3 is 2.25 bits per heavy atom. The Morgan fingerprint density at radius 1 is 1.05 bits per heavy atom.